The molecular weight excluding hydrogens is 360 g/mol. The fraction of sp³-hybridized carbons (Fsp3) is 0.500. The van der Waals surface area contributed by atoms with Crippen molar-refractivity contribution in [2.75, 3.05) is 59.4 Å². The molecule has 152 valence electrons. The van der Waals surface area contributed by atoms with E-state index in [1.165, 1.54) is 0 Å². The molecule has 0 spiro atoms. The molecule has 0 saturated carbocycles. The van der Waals surface area contributed by atoms with Crippen molar-refractivity contribution in [3.8, 4) is 23.6 Å². The van der Waals surface area contributed by atoms with Gasteiger partial charge in [0.15, 0.2) is 0 Å². The van der Waals surface area contributed by atoms with Gasteiger partial charge in [0.25, 0.3) is 0 Å². The molecule has 0 aliphatic heterocycles. The number of nitrogens with two attached hydrogens (primary N) is 1. The molecule has 0 unspecified atom stereocenters. The lowest BCUT2D eigenvalue weighted by atomic mass is 10.1. The molecule has 2 N–H and O–H groups in total. The average molecular weight is 388 g/mol. The van der Waals surface area contributed by atoms with Gasteiger partial charge >= 0.3 is 0 Å². The van der Waals surface area contributed by atoms with Crippen LogP contribution in [0, 0.1) is 12.3 Å². The summed E-state index contributed by atoms with van der Waals surface area (Å²) in [6.07, 6.45) is 7.31. The van der Waals surface area contributed by atoms with Crippen molar-refractivity contribution in [2.24, 2.45) is 5.73 Å². The second kappa shape index (κ2) is 13.8. The summed E-state index contributed by atoms with van der Waals surface area (Å²) in [5.74, 6) is 2.62. The first-order valence-electron chi connectivity index (χ1n) is 9.31. The van der Waals surface area contributed by atoms with Crippen molar-refractivity contribution in [3.05, 3.63) is 36.0 Å². The Labute approximate surface area is 165 Å². The van der Waals surface area contributed by atoms with Crippen LogP contribution in [0.4, 0.5) is 0 Å². The molecular formula is C20H28N4O4. The summed E-state index contributed by atoms with van der Waals surface area (Å²) in [5, 5.41) is 8.29. The zero-order chi connectivity index (χ0) is 19.9. The van der Waals surface area contributed by atoms with Gasteiger partial charge in [0.2, 0.25) is 0 Å². The van der Waals surface area contributed by atoms with E-state index in [1.54, 1.807) is 4.68 Å². The van der Waals surface area contributed by atoms with E-state index in [0.717, 1.165) is 16.8 Å². The molecule has 8 heteroatoms. The van der Waals surface area contributed by atoms with Gasteiger partial charge in [-0.15, -0.1) is 11.5 Å². The maximum Gasteiger partial charge on any atom is 0.113 e. The van der Waals surface area contributed by atoms with Gasteiger partial charge in [0, 0.05) is 17.7 Å². The van der Waals surface area contributed by atoms with Crippen LogP contribution in [0.2, 0.25) is 0 Å². The number of benzene rings is 1. The van der Waals surface area contributed by atoms with Crippen LogP contribution in [0.15, 0.2) is 30.5 Å². The molecule has 1 aromatic carbocycles. The number of terminal acetylenes is 1. The number of nitrogens with zero attached hydrogens (tertiary/aromatic N) is 3. The molecule has 0 atom stereocenters. The van der Waals surface area contributed by atoms with Crippen LogP contribution in [-0.2, 0) is 25.5 Å². The Balaban J connectivity index is 1.49. The molecule has 28 heavy (non-hydrogen) atoms. The van der Waals surface area contributed by atoms with E-state index in [2.05, 4.69) is 16.2 Å². The summed E-state index contributed by atoms with van der Waals surface area (Å²) in [6.45, 7) is 5.46. The van der Waals surface area contributed by atoms with E-state index >= 15 is 0 Å². The van der Waals surface area contributed by atoms with Crippen molar-refractivity contribution in [1.29, 1.82) is 0 Å². The maximum atomic E-state index is 5.55. The van der Waals surface area contributed by atoms with E-state index < -0.39 is 0 Å². The SMILES string of the molecule is C#Cc1cccc(-c2cn(CCOCCOCCOCCOCCN)nn2)c1. The molecule has 0 amide bonds. The fourth-order valence-corrected chi connectivity index (χ4v) is 2.31. The molecule has 0 aliphatic carbocycles. The lowest BCUT2D eigenvalue weighted by molar-refractivity contribution is -0.00200. The van der Waals surface area contributed by atoms with Crippen molar-refractivity contribution in [1.82, 2.24) is 15.0 Å². The molecule has 8 nitrogen and oxygen atoms in total. The van der Waals surface area contributed by atoms with Gasteiger partial charge < -0.3 is 24.7 Å². The number of aromatic nitrogens is 3. The summed E-state index contributed by atoms with van der Waals surface area (Å²) in [4.78, 5) is 0. The highest BCUT2D eigenvalue weighted by Crippen LogP contribution is 2.17. The predicted octanol–water partition coefficient (Wildman–Crippen LogP) is 0.952. The minimum atomic E-state index is 0.519. The third-order valence-electron chi connectivity index (χ3n) is 3.71. The Hall–Kier alpha value is -2.28. The fourth-order valence-electron chi connectivity index (χ4n) is 2.31. The van der Waals surface area contributed by atoms with Gasteiger partial charge in [-0.1, -0.05) is 23.3 Å². The lowest BCUT2D eigenvalue weighted by Gasteiger charge is -2.07. The Morgan fingerprint density at radius 1 is 0.929 bits per heavy atom. The number of rotatable bonds is 15. The smallest absolute Gasteiger partial charge is 0.113 e. The van der Waals surface area contributed by atoms with Crippen LogP contribution in [-0.4, -0.2) is 74.4 Å². The zero-order valence-corrected chi connectivity index (χ0v) is 16.1. The van der Waals surface area contributed by atoms with Gasteiger partial charge in [-0.3, -0.25) is 0 Å². The minimum Gasteiger partial charge on any atom is -0.378 e. The van der Waals surface area contributed by atoms with Crippen molar-refractivity contribution >= 4 is 0 Å². The Bertz CT molecular complexity index is 714. The monoisotopic (exact) mass is 388 g/mol. The molecule has 2 rings (SSSR count). The van der Waals surface area contributed by atoms with Gasteiger partial charge in [-0.05, 0) is 12.1 Å². The third-order valence-corrected chi connectivity index (χ3v) is 3.71. The third kappa shape index (κ3) is 8.61. The largest absolute Gasteiger partial charge is 0.378 e. The number of hydrogen-bond donors (Lipinski definition) is 1. The normalized spacial score (nSPS) is 10.9. The van der Waals surface area contributed by atoms with Gasteiger partial charge in [0.05, 0.1) is 65.6 Å². The van der Waals surface area contributed by atoms with Crippen LogP contribution < -0.4 is 5.73 Å². The number of ether oxygens (including phenoxy) is 4. The highest BCUT2D eigenvalue weighted by atomic mass is 16.6. The van der Waals surface area contributed by atoms with Crippen LogP contribution in [0.1, 0.15) is 5.56 Å². The summed E-state index contributed by atoms with van der Waals surface area (Å²) in [5.41, 5.74) is 7.87. The maximum absolute atomic E-state index is 5.55. The minimum absolute atomic E-state index is 0.519. The topological polar surface area (TPSA) is 93.7 Å². The second-order valence-corrected chi connectivity index (χ2v) is 5.83. The molecule has 0 saturated heterocycles. The average Bonchev–Trinajstić information content (AvgIpc) is 3.20. The van der Waals surface area contributed by atoms with Crippen molar-refractivity contribution in [2.45, 2.75) is 6.54 Å². The standard InChI is InChI=1S/C20H28N4O4/c1-2-18-4-3-5-19(16-18)20-17-24(23-22-20)7-9-26-11-13-28-15-14-27-12-10-25-8-6-21/h1,3-5,16-17H,6-15,21H2. The van der Waals surface area contributed by atoms with E-state index in [0.29, 0.717) is 65.9 Å². The summed E-state index contributed by atoms with van der Waals surface area (Å²) in [6, 6.07) is 7.67. The highest BCUT2D eigenvalue weighted by molar-refractivity contribution is 5.60. The van der Waals surface area contributed by atoms with E-state index in [4.69, 9.17) is 31.1 Å². The van der Waals surface area contributed by atoms with E-state index in [9.17, 15) is 0 Å². The van der Waals surface area contributed by atoms with Crippen LogP contribution in [0.25, 0.3) is 11.3 Å². The van der Waals surface area contributed by atoms with Crippen LogP contribution in [0.3, 0.4) is 0 Å². The molecule has 1 aromatic heterocycles. The van der Waals surface area contributed by atoms with Crippen LogP contribution in [0.5, 0.6) is 0 Å². The summed E-state index contributed by atoms with van der Waals surface area (Å²) < 4.78 is 23.3. The summed E-state index contributed by atoms with van der Waals surface area (Å²) >= 11 is 0. The molecule has 0 radical (unpaired) electrons. The molecule has 0 aliphatic rings. The quantitative estimate of drug-likeness (QED) is 0.359. The van der Waals surface area contributed by atoms with E-state index in [1.807, 2.05) is 30.5 Å². The highest BCUT2D eigenvalue weighted by Gasteiger charge is 2.04. The Kier molecular flexibility index (Phi) is 10.9. The van der Waals surface area contributed by atoms with Crippen molar-refractivity contribution in [3.63, 3.8) is 0 Å². The first-order chi connectivity index (χ1) is 13.8. The molecule has 0 fully saturated rings. The first-order valence-corrected chi connectivity index (χ1v) is 9.31. The van der Waals surface area contributed by atoms with Crippen LogP contribution >= 0.6 is 0 Å². The molecule has 0 bridgehead atoms. The Morgan fingerprint density at radius 2 is 1.57 bits per heavy atom. The Morgan fingerprint density at radius 3 is 2.21 bits per heavy atom. The number of hydrogen-bond acceptors (Lipinski definition) is 7. The zero-order valence-electron chi connectivity index (χ0n) is 16.1. The molecule has 2 aromatic rings. The lowest BCUT2D eigenvalue weighted by Crippen LogP contribution is -2.15. The van der Waals surface area contributed by atoms with Gasteiger partial charge in [0.1, 0.15) is 5.69 Å². The van der Waals surface area contributed by atoms with Gasteiger partial charge in [-0.25, -0.2) is 4.68 Å². The van der Waals surface area contributed by atoms with Crippen molar-refractivity contribution < 1.29 is 18.9 Å². The van der Waals surface area contributed by atoms with E-state index in [-0.39, 0.29) is 0 Å². The first kappa shape index (κ1) is 22.0. The molecule has 1 heterocycles. The summed E-state index contributed by atoms with van der Waals surface area (Å²) in [7, 11) is 0. The predicted molar refractivity (Wildman–Crippen MR) is 106 cm³/mol. The van der Waals surface area contributed by atoms with Gasteiger partial charge in [-0.2, -0.15) is 0 Å². The second-order valence-electron chi connectivity index (χ2n) is 5.83.